The zero-order valence-corrected chi connectivity index (χ0v) is 28.3. The van der Waals surface area contributed by atoms with Gasteiger partial charge in [0.05, 0.1) is 18.2 Å². The summed E-state index contributed by atoms with van der Waals surface area (Å²) in [5, 5.41) is 5.09. The summed E-state index contributed by atoms with van der Waals surface area (Å²) in [5.74, 6) is -2.84. The van der Waals surface area contributed by atoms with Crippen LogP contribution in [-0.2, 0) is 31.9 Å². The molecule has 10 heteroatoms. The van der Waals surface area contributed by atoms with E-state index < -0.39 is 11.9 Å². The van der Waals surface area contributed by atoms with Crippen LogP contribution in [-0.4, -0.2) is 52.7 Å². The summed E-state index contributed by atoms with van der Waals surface area (Å²) in [6.07, 6.45) is 10.4. The molecule has 2 aliphatic heterocycles. The largest absolute Gasteiger partial charge is 0.468 e. The van der Waals surface area contributed by atoms with Gasteiger partial charge in [-0.15, -0.1) is 0 Å². The molecule has 0 spiro atoms. The lowest BCUT2D eigenvalue weighted by molar-refractivity contribution is -0.143. The molecule has 3 atom stereocenters. The standard InChI is InChI=1S/C38H42N4O6/c1-8-13-48-31(44)12-11-23-19(5)26-14-25-18(4)21(9-2)28(39-25)16-30-24(17-43)22(10-3)29(40-30)15-27-20(6)32-36(42-27)33(35(23)41-26)34(37(32)45)38(46)47-7/h8,14-17,19,23,34,39-42H,1,9-13H2,2-7H3/b26-14-,29-15-,30-16-,35-33-/t19-,23-,34+/m0/s1. The van der Waals surface area contributed by atoms with Gasteiger partial charge in [-0.3, -0.25) is 19.2 Å². The van der Waals surface area contributed by atoms with Crippen LogP contribution in [0.15, 0.2) is 24.0 Å². The lowest BCUT2D eigenvalue weighted by atomic mass is 9.85. The van der Waals surface area contributed by atoms with Crippen LogP contribution in [0.2, 0.25) is 0 Å². The summed E-state index contributed by atoms with van der Waals surface area (Å²) >= 11 is 0. The van der Waals surface area contributed by atoms with Crippen LogP contribution in [0.25, 0.3) is 23.8 Å². The van der Waals surface area contributed by atoms with Crippen molar-refractivity contribution >= 4 is 47.8 Å². The van der Waals surface area contributed by atoms with E-state index in [9.17, 15) is 19.2 Å². The Hall–Kier alpha value is -5.12. The Labute approximate surface area is 279 Å². The molecule has 48 heavy (non-hydrogen) atoms. The number of esters is 2. The fourth-order valence-corrected chi connectivity index (χ4v) is 7.67. The van der Waals surface area contributed by atoms with Crippen molar-refractivity contribution in [3.8, 4) is 0 Å². The van der Waals surface area contributed by atoms with Gasteiger partial charge in [-0.05, 0) is 73.6 Å². The highest BCUT2D eigenvalue weighted by Gasteiger charge is 2.48. The fourth-order valence-electron chi connectivity index (χ4n) is 7.67. The van der Waals surface area contributed by atoms with Gasteiger partial charge in [0.1, 0.15) is 12.5 Å². The summed E-state index contributed by atoms with van der Waals surface area (Å²) in [6.45, 7) is 13.9. The number of aromatic nitrogens is 3. The number of fused-ring (bicyclic) bond motifs is 7. The van der Waals surface area contributed by atoms with E-state index in [1.54, 1.807) is 0 Å². The summed E-state index contributed by atoms with van der Waals surface area (Å²) < 4.78 is 10.5. The molecule has 3 aromatic rings. The molecule has 3 aromatic heterocycles. The third-order valence-corrected chi connectivity index (χ3v) is 10.2. The van der Waals surface area contributed by atoms with Gasteiger partial charge in [0.15, 0.2) is 12.1 Å². The number of Topliss-reactive ketones (excluding diaryl/α,β-unsaturated/α-hetero) is 1. The van der Waals surface area contributed by atoms with Gasteiger partial charge >= 0.3 is 11.9 Å². The first-order chi connectivity index (χ1) is 23.1. The number of ether oxygens (including phenoxy) is 2. The number of aromatic amines is 3. The van der Waals surface area contributed by atoms with Crippen molar-refractivity contribution in [2.24, 2.45) is 17.8 Å². The first kappa shape index (κ1) is 32.8. The average molecular weight is 651 g/mol. The van der Waals surface area contributed by atoms with E-state index in [0.717, 1.165) is 51.8 Å². The molecule has 5 heterocycles. The molecule has 3 aliphatic rings. The monoisotopic (exact) mass is 650 g/mol. The molecule has 8 bridgehead atoms. The Balaban J connectivity index is 1.68. The maximum absolute atomic E-state index is 14.2. The van der Waals surface area contributed by atoms with Crippen LogP contribution >= 0.6 is 0 Å². The third kappa shape index (κ3) is 5.19. The molecule has 1 aliphatic carbocycles. The van der Waals surface area contributed by atoms with Crippen LogP contribution in [0.1, 0.15) is 99.4 Å². The quantitative estimate of drug-likeness (QED) is 0.117. The van der Waals surface area contributed by atoms with Crippen molar-refractivity contribution in [2.75, 3.05) is 13.7 Å². The number of methoxy groups -OCH3 is 1. The number of carbonyl (C=O) groups excluding carboxylic acids is 4. The van der Waals surface area contributed by atoms with Gasteiger partial charge in [0.25, 0.3) is 0 Å². The summed E-state index contributed by atoms with van der Waals surface area (Å²) in [7, 11) is 1.28. The van der Waals surface area contributed by atoms with Gasteiger partial charge in [-0.1, -0.05) is 33.4 Å². The number of carbonyl (C=O) groups is 4. The molecule has 0 unspecified atom stereocenters. The number of hydrogen-bond donors (Lipinski definition) is 4. The lowest BCUT2D eigenvalue weighted by Crippen LogP contribution is -2.25. The molecule has 250 valence electrons. The van der Waals surface area contributed by atoms with Crippen LogP contribution in [0.5, 0.6) is 0 Å². The normalized spacial score (nSPS) is 23.3. The van der Waals surface area contributed by atoms with E-state index in [1.807, 2.05) is 26.0 Å². The number of aldehydes is 1. The van der Waals surface area contributed by atoms with Gasteiger partial charge in [-0.2, -0.15) is 0 Å². The number of H-pyrrole nitrogens is 3. The third-order valence-electron chi connectivity index (χ3n) is 10.2. The van der Waals surface area contributed by atoms with E-state index in [0.29, 0.717) is 57.5 Å². The Morgan fingerprint density at radius 3 is 2.33 bits per heavy atom. The summed E-state index contributed by atoms with van der Waals surface area (Å²) in [5.41, 5.74) is 9.99. The van der Waals surface area contributed by atoms with Crippen LogP contribution < -0.4 is 16.0 Å². The second-order valence-electron chi connectivity index (χ2n) is 12.7. The average Bonchev–Trinajstić information content (AvgIpc) is 3.82. The molecule has 4 N–H and O–H groups in total. The van der Waals surface area contributed by atoms with E-state index in [1.165, 1.54) is 13.2 Å². The van der Waals surface area contributed by atoms with E-state index >= 15 is 0 Å². The molecule has 0 radical (unpaired) electrons. The molecular weight excluding hydrogens is 608 g/mol. The van der Waals surface area contributed by atoms with Crippen LogP contribution in [0.3, 0.4) is 0 Å². The fraction of sp³-hybridized carbons (Fsp3) is 0.368. The number of rotatable bonds is 9. The van der Waals surface area contributed by atoms with E-state index in [-0.39, 0.29) is 36.6 Å². The second-order valence-corrected chi connectivity index (χ2v) is 12.7. The van der Waals surface area contributed by atoms with Crippen LogP contribution in [0, 0.1) is 31.6 Å². The first-order valence-corrected chi connectivity index (χ1v) is 16.5. The Kier molecular flexibility index (Phi) is 8.76. The molecule has 1 fully saturated rings. The van der Waals surface area contributed by atoms with Crippen molar-refractivity contribution in [2.45, 2.75) is 60.3 Å². The minimum absolute atomic E-state index is 0.102. The summed E-state index contributed by atoms with van der Waals surface area (Å²) in [6, 6.07) is 0. The zero-order chi connectivity index (χ0) is 34.4. The van der Waals surface area contributed by atoms with Gasteiger partial charge in [0.2, 0.25) is 0 Å². The SMILES string of the molecule is C=CCOC(=O)CC[C@@H]1/C2=C3/c4[nH]c(c(C)c4C(=O)[C@@H]3C(=O)OC)/C=c3\[nH]/c(c(C=O)c3CC)=C\c3[nH]c(c(C)c3CC)/C=C(\N2)[C@H]1C. The lowest BCUT2D eigenvalue weighted by Gasteiger charge is -2.19. The molecule has 0 aromatic carbocycles. The minimum Gasteiger partial charge on any atom is -0.468 e. The Bertz CT molecular complexity index is 2070. The van der Waals surface area contributed by atoms with Gasteiger partial charge in [-0.25, -0.2) is 0 Å². The van der Waals surface area contributed by atoms with Crippen molar-refractivity contribution in [3.63, 3.8) is 0 Å². The molecular formula is C38H42N4O6. The number of allylic oxidation sites excluding steroid dienone is 2. The molecule has 0 amide bonds. The Morgan fingerprint density at radius 1 is 0.958 bits per heavy atom. The number of ketones is 1. The highest BCUT2D eigenvalue weighted by atomic mass is 16.5. The van der Waals surface area contributed by atoms with Crippen molar-refractivity contribution in [1.82, 2.24) is 20.3 Å². The van der Waals surface area contributed by atoms with Crippen molar-refractivity contribution in [1.29, 1.82) is 0 Å². The van der Waals surface area contributed by atoms with Crippen LogP contribution in [0.4, 0.5) is 0 Å². The van der Waals surface area contributed by atoms with Gasteiger partial charge in [0, 0.05) is 68.8 Å². The molecule has 6 rings (SSSR count). The van der Waals surface area contributed by atoms with Gasteiger partial charge < -0.3 is 29.7 Å². The van der Waals surface area contributed by atoms with Crippen molar-refractivity contribution in [3.05, 3.63) is 90.9 Å². The predicted molar refractivity (Wildman–Crippen MR) is 183 cm³/mol. The highest BCUT2D eigenvalue weighted by molar-refractivity contribution is 6.24. The van der Waals surface area contributed by atoms with Crippen molar-refractivity contribution < 1.29 is 28.7 Å². The predicted octanol–water partition coefficient (Wildman–Crippen LogP) is 4.30. The topological polar surface area (TPSA) is 146 Å². The molecule has 0 saturated carbocycles. The Morgan fingerprint density at radius 2 is 1.67 bits per heavy atom. The minimum atomic E-state index is -1.17. The second kappa shape index (κ2) is 12.8. The highest BCUT2D eigenvalue weighted by Crippen LogP contribution is 2.48. The molecule has 10 nitrogen and oxygen atoms in total. The van der Waals surface area contributed by atoms with E-state index in [4.69, 9.17) is 9.47 Å². The molecule has 1 saturated heterocycles. The number of hydrogen-bond acceptors (Lipinski definition) is 7. The first-order valence-electron chi connectivity index (χ1n) is 16.5. The zero-order valence-electron chi connectivity index (χ0n) is 28.3. The smallest absolute Gasteiger partial charge is 0.321 e. The van der Waals surface area contributed by atoms with E-state index in [2.05, 4.69) is 53.7 Å². The summed E-state index contributed by atoms with van der Waals surface area (Å²) in [4.78, 5) is 63.2. The maximum atomic E-state index is 14.2. The number of nitrogens with one attached hydrogen (secondary N) is 4. The maximum Gasteiger partial charge on any atom is 0.321 e.